The maximum Gasteiger partial charge on any atom is 0 e. The Morgan fingerprint density at radius 3 is 1.07 bits per heavy atom. The number of aromatic carboxylic acids is 2. The second-order valence-corrected chi connectivity index (χ2v) is 24.1. The van der Waals surface area contributed by atoms with Crippen molar-refractivity contribution in [1.29, 1.82) is 0 Å². The molecule has 0 aliphatic heterocycles. The van der Waals surface area contributed by atoms with Crippen LogP contribution in [0.5, 0.6) is 0 Å². The second kappa shape index (κ2) is 37.9. The van der Waals surface area contributed by atoms with Gasteiger partial charge in [-0.3, -0.25) is 0 Å². The first-order valence-corrected chi connectivity index (χ1v) is 33.8. The van der Waals surface area contributed by atoms with E-state index in [1.165, 1.54) is 31.8 Å². The first kappa shape index (κ1) is 69.3. The maximum atomic E-state index is 10.9. The summed E-state index contributed by atoms with van der Waals surface area (Å²) in [6, 6.07) is 86.3. The summed E-state index contributed by atoms with van der Waals surface area (Å²) in [7, 11) is 7.33. The van der Waals surface area contributed by atoms with Crippen LogP contribution in [0.15, 0.2) is 259 Å². The molecule has 84 heavy (non-hydrogen) atoms. The molecule has 12 rings (SSSR count). The van der Waals surface area contributed by atoms with Crippen molar-refractivity contribution < 1.29 is 63.2 Å². The van der Waals surface area contributed by atoms with Gasteiger partial charge >= 0.3 is 45.0 Å². The molecule has 0 heterocycles. The number of carboxylic acid groups (broad SMARTS) is 2. The molecular weight excluding hydrogens is 1450 g/mol. The molecule has 434 valence electrons. The molecule has 0 radical (unpaired) electrons. The van der Waals surface area contributed by atoms with Gasteiger partial charge in [0.05, 0.1) is 11.1 Å². The van der Waals surface area contributed by atoms with E-state index < -0.39 is 27.8 Å². The van der Waals surface area contributed by atoms with Crippen molar-refractivity contribution in [2.45, 2.75) is 12.8 Å². The molecule has 10 aromatic carbocycles. The molecule has 4 atom stereocenters. The largest absolute Gasteiger partial charge is 0.0622 e. The number of halogens is 4. The fourth-order valence-corrected chi connectivity index (χ4v) is 13.6. The summed E-state index contributed by atoms with van der Waals surface area (Å²) in [4.78, 5) is 21.6. The van der Waals surface area contributed by atoms with Gasteiger partial charge < -0.3 is 20.4 Å². The van der Waals surface area contributed by atoms with Crippen molar-refractivity contribution >= 4 is 139 Å². The van der Waals surface area contributed by atoms with Gasteiger partial charge in [0, 0.05) is 77.2 Å². The third-order valence-electron chi connectivity index (χ3n) is 13.2. The number of benzene rings is 10. The Bertz CT molecular complexity index is 3390. The molecular formula is C70H59BrCl2CuIO6P2Pd. The number of rotatable bonds is 10. The number of fused-ring (bicyclic) bond motifs is 2. The Hall–Kier alpha value is -5.47. The zero-order chi connectivity index (χ0) is 59.3. The van der Waals surface area contributed by atoms with Gasteiger partial charge in [-0.25, -0.2) is 9.59 Å². The van der Waals surface area contributed by atoms with Crippen molar-refractivity contribution in [3.8, 4) is 24.2 Å². The van der Waals surface area contributed by atoms with E-state index in [0.717, 1.165) is 44.4 Å². The van der Waals surface area contributed by atoms with Crippen molar-refractivity contribution in [3.05, 3.63) is 276 Å². The van der Waals surface area contributed by atoms with Gasteiger partial charge in [-0.2, -0.15) is 0 Å². The Morgan fingerprint density at radius 1 is 0.476 bits per heavy atom. The Morgan fingerprint density at radius 2 is 0.774 bits per heavy atom. The molecule has 2 aliphatic rings. The normalized spacial score (nSPS) is 14.6. The third-order valence-corrected chi connectivity index (χ3v) is 18.5. The average Bonchev–Trinajstić information content (AvgIpc) is 4.64. The zero-order valence-electron chi connectivity index (χ0n) is 45.1. The SMILES string of the molecule is C#C[C@H]1C[C@@H]1CO.ClCl.O=C(O)c1ccc2cc(Br)ccc2c1.O=C(O)c1ccc2cc(C#CC3C[C@@H]3CO)ccc2c1.[Cu][I].[Pd].c1ccc(P(c2ccccc2)c2ccccc2)cc1.c1ccc(P(c2ccccc2)c2ccccc2)cc1. The minimum atomic E-state index is -0.917. The van der Waals surface area contributed by atoms with Gasteiger partial charge in [0.2, 0.25) is 0 Å². The van der Waals surface area contributed by atoms with Crippen molar-refractivity contribution in [2.24, 2.45) is 23.7 Å². The van der Waals surface area contributed by atoms with Crippen molar-refractivity contribution in [2.75, 3.05) is 13.2 Å². The molecule has 2 saturated carbocycles. The van der Waals surface area contributed by atoms with E-state index in [1.807, 2.05) is 42.5 Å². The molecule has 2 fully saturated rings. The number of hydrogen-bond acceptors (Lipinski definition) is 4. The number of carboxylic acids is 2. The van der Waals surface area contributed by atoms with Crippen LogP contribution in [-0.4, -0.2) is 45.6 Å². The summed E-state index contributed by atoms with van der Waals surface area (Å²) in [6.45, 7) is 0.490. The predicted molar refractivity (Wildman–Crippen MR) is 359 cm³/mol. The average molecular weight is 1510 g/mol. The van der Waals surface area contributed by atoms with Crippen molar-refractivity contribution in [1.82, 2.24) is 0 Å². The second-order valence-electron chi connectivity index (χ2n) is 18.8. The van der Waals surface area contributed by atoms with Crippen molar-refractivity contribution in [3.63, 3.8) is 0 Å². The van der Waals surface area contributed by atoms with E-state index in [2.05, 4.69) is 250 Å². The van der Waals surface area contributed by atoms with Crippen LogP contribution in [-0.2, 0) is 33.2 Å². The smallest absolute Gasteiger partial charge is 0 e. The number of hydrogen-bond donors (Lipinski definition) is 4. The molecule has 2 aliphatic carbocycles. The van der Waals surface area contributed by atoms with E-state index in [1.54, 1.807) is 50.7 Å². The van der Waals surface area contributed by atoms with Gasteiger partial charge in [-0.15, -0.1) is 12.3 Å². The van der Waals surface area contributed by atoms with E-state index in [4.69, 9.17) is 26.8 Å². The van der Waals surface area contributed by atoms with Gasteiger partial charge in [-0.1, -0.05) is 234 Å². The summed E-state index contributed by atoms with van der Waals surface area (Å²) < 4.78 is 0.994. The quantitative estimate of drug-likeness (QED) is 0.0469. The van der Waals surface area contributed by atoms with Crippen LogP contribution in [0.4, 0.5) is 0 Å². The number of aliphatic hydroxyl groups excluding tert-OH is 2. The fraction of sp³-hybridized carbons (Fsp3) is 0.114. The third kappa shape index (κ3) is 21.8. The molecule has 6 nitrogen and oxygen atoms in total. The predicted octanol–water partition coefficient (Wildman–Crippen LogP) is 15.2. The molecule has 0 saturated heterocycles. The monoisotopic (exact) mass is 1500 g/mol. The minimum absolute atomic E-state index is 0. The number of aliphatic hydroxyl groups is 2. The van der Waals surface area contributed by atoms with Crippen LogP contribution < -0.4 is 31.8 Å². The molecule has 4 N–H and O–H groups in total. The van der Waals surface area contributed by atoms with Gasteiger partial charge in [0.1, 0.15) is 0 Å². The molecule has 0 aromatic heterocycles. The van der Waals surface area contributed by atoms with E-state index in [0.29, 0.717) is 34.8 Å². The Balaban J connectivity index is 0.000000194. The minimum Gasteiger partial charge on any atom is -0.0622 e. The van der Waals surface area contributed by atoms with E-state index >= 15 is 0 Å². The van der Waals surface area contributed by atoms with Crippen LogP contribution in [0, 0.1) is 47.9 Å². The summed E-state index contributed by atoms with van der Waals surface area (Å²) >= 11 is 9.23. The Labute approximate surface area is 546 Å². The summed E-state index contributed by atoms with van der Waals surface area (Å²) in [5.41, 5.74) is 1.53. The topological polar surface area (TPSA) is 115 Å². The standard InChI is InChI=1S/2C18H15P.C17H14O3.C11H7BrO2.C6H8O.Cl2.Cu.HI.Pd/c2*1-4-10-16(11-5-1)19(17-12-6-2-7-13-17)18-14-8-3-9-15-18;18-10-16-9-14(16)4-2-11-1-3-13-8-15(17(19)20)6-5-12(13)7-11;12-10-4-3-7-5-9(11(13)14)2-1-8(7)6-10;1-2-5-3-6(5)4-7;1-2;;;/h2*1-15H;1,3,5-8,14,16,18H,9-10H2,(H,19,20);1-6H,(H,13,14);1,5-7H,3-4H2;;;1H;/q;;;;;;+1;;/p-1/t;;14?,16-;;5-,6+;;;;/m..1.0..../s1. The first-order chi connectivity index (χ1) is 40.6. The summed E-state index contributed by atoms with van der Waals surface area (Å²) in [6.07, 6.45) is 7.06. The molecule has 14 heteroatoms. The molecule has 10 aromatic rings. The maximum absolute atomic E-state index is 10.9. The summed E-state index contributed by atoms with van der Waals surface area (Å²) in [5.74, 6) is 8.56. The molecule has 0 spiro atoms. The molecule has 0 bridgehead atoms. The van der Waals surface area contributed by atoms with Gasteiger partial charge in [-0.05, 0) is 142 Å². The number of terminal acetylenes is 1. The van der Waals surface area contributed by atoms with Gasteiger partial charge in [0.25, 0.3) is 0 Å². The fourth-order valence-electron chi connectivity index (χ4n) is 8.62. The van der Waals surface area contributed by atoms with Crippen LogP contribution in [0.1, 0.15) is 39.1 Å². The Kier molecular flexibility index (Phi) is 31.2. The molecule has 1 unspecified atom stereocenters. The summed E-state index contributed by atoms with van der Waals surface area (Å²) in [5, 5.41) is 47.4. The zero-order valence-corrected chi connectivity index (χ0v) is 54.6. The number of carbonyl (C=O) groups is 2. The van der Waals surface area contributed by atoms with E-state index in [-0.39, 0.29) is 33.6 Å². The van der Waals surface area contributed by atoms with Crippen LogP contribution in [0.3, 0.4) is 0 Å². The van der Waals surface area contributed by atoms with Crippen LogP contribution in [0.2, 0.25) is 0 Å². The molecule has 0 amide bonds. The first-order valence-electron chi connectivity index (χ1n) is 26.2. The van der Waals surface area contributed by atoms with E-state index in [9.17, 15) is 9.59 Å². The van der Waals surface area contributed by atoms with Gasteiger partial charge in [0.15, 0.2) is 0 Å². The van der Waals surface area contributed by atoms with Crippen LogP contribution in [0.25, 0.3) is 21.5 Å². The van der Waals surface area contributed by atoms with Crippen LogP contribution >= 0.6 is 73.8 Å².